The van der Waals surface area contributed by atoms with E-state index in [1.807, 2.05) is 0 Å². The summed E-state index contributed by atoms with van der Waals surface area (Å²) in [6, 6.07) is 11.2. The molecular formula is C16H9Cl2FN2OS. The number of rotatable bonds is 2. The lowest BCUT2D eigenvalue weighted by molar-refractivity contribution is -0.115. The van der Waals surface area contributed by atoms with Crippen LogP contribution in [0.4, 0.5) is 10.1 Å². The lowest BCUT2D eigenvalue weighted by atomic mass is 10.2. The van der Waals surface area contributed by atoms with Crippen molar-refractivity contribution in [2.75, 3.05) is 0 Å². The van der Waals surface area contributed by atoms with Crippen molar-refractivity contribution in [3.8, 4) is 0 Å². The summed E-state index contributed by atoms with van der Waals surface area (Å²) < 4.78 is 13.7. The molecule has 1 saturated heterocycles. The summed E-state index contributed by atoms with van der Waals surface area (Å²) in [6.07, 6.45) is 1.49. The largest absolute Gasteiger partial charge is 0.300 e. The standard InChI is InChI=1S/C16H9Cl2FN2OS/c17-11-6-5-10(8-12(11)18)20-16-21-15(22)14(23-16)7-9-3-1-2-4-13(9)19/h1-8H,(H,20,21,22)/b14-7-. The van der Waals surface area contributed by atoms with E-state index in [1.165, 1.54) is 12.1 Å². The van der Waals surface area contributed by atoms with Crippen LogP contribution in [0.25, 0.3) is 6.08 Å². The van der Waals surface area contributed by atoms with Crippen LogP contribution in [0, 0.1) is 5.82 Å². The summed E-state index contributed by atoms with van der Waals surface area (Å²) in [5.41, 5.74) is 0.912. The highest BCUT2D eigenvalue weighted by molar-refractivity contribution is 8.18. The molecule has 0 spiro atoms. The number of hydrogen-bond acceptors (Lipinski definition) is 3. The first-order valence-corrected chi connectivity index (χ1v) is 8.09. The van der Waals surface area contributed by atoms with Crippen LogP contribution in [-0.2, 0) is 4.79 Å². The van der Waals surface area contributed by atoms with Crippen LogP contribution in [0.5, 0.6) is 0 Å². The second kappa shape index (κ2) is 6.74. The molecule has 2 aromatic rings. The van der Waals surface area contributed by atoms with Gasteiger partial charge in [0, 0.05) is 5.56 Å². The lowest BCUT2D eigenvalue weighted by Crippen LogP contribution is -2.19. The van der Waals surface area contributed by atoms with Crippen molar-refractivity contribution in [2.45, 2.75) is 0 Å². The van der Waals surface area contributed by atoms with Crippen molar-refractivity contribution < 1.29 is 9.18 Å². The van der Waals surface area contributed by atoms with Gasteiger partial charge in [-0.1, -0.05) is 41.4 Å². The van der Waals surface area contributed by atoms with E-state index >= 15 is 0 Å². The van der Waals surface area contributed by atoms with Crippen molar-refractivity contribution >= 4 is 57.8 Å². The maximum Gasteiger partial charge on any atom is 0.264 e. The minimum atomic E-state index is -0.386. The topological polar surface area (TPSA) is 41.5 Å². The van der Waals surface area contributed by atoms with Gasteiger partial charge in [0.15, 0.2) is 5.17 Å². The molecule has 0 atom stereocenters. The summed E-state index contributed by atoms with van der Waals surface area (Å²) in [4.78, 5) is 16.6. The molecule has 1 aliphatic heterocycles. The number of hydrogen-bond donors (Lipinski definition) is 1. The van der Waals surface area contributed by atoms with Crippen molar-refractivity contribution in [2.24, 2.45) is 4.99 Å². The van der Waals surface area contributed by atoms with Crippen LogP contribution < -0.4 is 5.32 Å². The Morgan fingerprint density at radius 2 is 1.91 bits per heavy atom. The van der Waals surface area contributed by atoms with Crippen LogP contribution in [0.15, 0.2) is 52.4 Å². The minimum Gasteiger partial charge on any atom is -0.300 e. The molecule has 3 nitrogen and oxygen atoms in total. The van der Waals surface area contributed by atoms with Gasteiger partial charge in [-0.25, -0.2) is 9.38 Å². The molecule has 23 heavy (non-hydrogen) atoms. The van der Waals surface area contributed by atoms with Gasteiger partial charge in [0.2, 0.25) is 0 Å². The molecule has 1 N–H and O–H groups in total. The predicted molar refractivity (Wildman–Crippen MR) is 93.7 cm³/mol. The molecule has 1 amide bonds. The van der Waals surface area contributed by atoms with E-state index in [-0.39, 0.29) is 11.7 Å². The number of benzene rings is 2. The van der Waals surface area contributed by atoms with E-state index in [4.69, 9.17) is 23.2 Å². The highest BCUT2D eigenvalue weighted by atomic mass is 35.5. The second-order valence-electron chi connectivity index (χ2n) is 4.60. The van der Waals surface area contributed by atoms with Gasteiger partial charge in [-0.15, -0.1) is 0 Å². The number of nitrogens with one attached hydrogen (secondary N) is 1. The molecule has 0 aliphatic carbocycles. The van der Waals surface area contributed by atoms with Crippen molar-refractivity contribution in [3.63, 3.8) is 0 Å². The fraction of sp³-hybridized carbons (Fsp3) is 0. The number of carbonyl (C=O) groups is 1. The summed E-state index contributed by atoms with van der Waals surface area (Å²) in [7, 11) is 0. The van der Waals surface area contributed by atoms with E-state index in [0.717, 1.165) is 11.8 Å². The molecular weight excluding hydrogens is 358 g/mol. The summed E-state index contributed by atoms with van der Waals surface area (Å²) in [5.74, 6) is -0.708. The highest BCUT2D eigenvalue weighted by Crippen LogP contribution is 2.31. The van der Waals surface area contributed by atoms with Gasteiger partial charge >= 0.3 is 0 Å². The van der Waals surface area contributed by atoms with Gasteiger partial charge in [0.25, 0.3) is 5.91 Å². The third-order valence-corrected chi connectivity index (χ3v) is 4.63. The Balaban J connectivity index is 1.86. The third kappa shape index (κ3) is 3.75. The zero-order valence-corrected chi connectivity index (χ0v) is 13.8. The molecule has 0 radical (unpaired) electrons. The number of amides is 1. The van der Waals surface area contributed by atoms with Gasteiger partial charge in [-0.3, -0.25) is 4.79 Å². The molecule has 1 heterocycles. The van der Waals surface area contributed by atoms with Crippen LogP contribution in [0.2, 0.25) is 10.0 Å². The molecule has 0 bridgehead atoms. The van der Waals surface area contributed by atoms with Gasteiger partial charge in [0.05, 0.1) is 20.6 Å². The van der Waals surface area contributed by atoms with Crippen LogP contribution in [0.1, 0.15) is 5.56 Å². The summed E-state index contributed by atoms with van der Waals surface area (Å²) in [5, 5.41) is 3.84. The first kappa shape index (κ1) is 16.1. The van der Waals surface area contributed by atoms with E-state index in [2.05, 4.69) is 10.3 Å². The first-order valence-electron chi connectivity index (χ1n) is 6.52. The second-order valence-corrected chi connectivity index (χ2v) is 6.45. The molecule has 2 aromatic carbocycles. The van der Waals surface area contributed by atoms with Gasteiger partial charge in [-0.2, -0.15) is 0 Å². The zero-order chi connectivity index (χ0) is 16.4. The summed E-state index contributed by atoms with van der Waals surface area (Å²) >= 11 is 12.9. The average molecular weight is 367 g/mol. The van der Waals surface area contributed by atoms with Gasteiger partial charge in [0.1, 0.15) is 5.82 Å². The Morgan fingerprint density at radius 1 is 1.13 bits per heavy atom. The molecule has 1 fully saturated rings. The molecule has 116 valence electrons. The van der Waals surface area contributed by atoms with E-state index < -0.39 is 0 Å². The maximum absolute atomic E-state index is 13.7. The molecule has 3 rings (SSSR count). The van der Waals surface area contributed by atoms with Crippen LogP contribution >= 0.6 is 35.0 Å². The number of aliphatic imine (C=N–C) groups is 1. The molecule has 0 saturated carbocycles. The fourth-order valence-electron chi connectivity index (χ4n) is 1.89. The van der Waals surface area contributed by atoms with Crippen molar-refractivity contribution in [3.05, 3.63) is 68.8 Å². The number of halogens is 3. The van der Waals surface area contributed by atoms with E-state index in [1.54, 1.807) is 36.4 Å². The quantitative estimate of drug-likeness (QED) is 0.757. The SMILES string of the molecule is O=C1NC(=Nc2ccc(Cl)c(Cl)c2)S/C1=C\c1ccccc1F. The molecule has 0 aromatic heterocycles. The Morgan fingerprint density at radius 3 is 2.65 bits per heavy atom. The minimum absolute atomic E-state index is 0.322. The molecule has 7 heteroatoms. The number of thioether (sulfide) groups is 1. The summed E-state index contributed by atoms with van der Waals surface area (Å²) in [6.45, 7) is 0. The predicted octanol–water partition coefficient (Wildman–Crippen LogP) is 5.02. The van der Waals surface area contributed by atoms with Crippen LogP contribution in [-0.4, -0.2) is 11.1 Å². The Labute approximate surface area is 146 Å². The Hall–Kier alpha value is -1.82. The first-order chi connectivity index (χ1) is 11.0. The van der Waals surface area contributed by atoms with E-state index in [9.17, 15) is 9.18 Å². The van der Waals surface area contributed by atoms with Gasteiger partial charge < -0.3 is 5.32 Å². The van der Waals surface area contributed by atoms with Gasteiger partial charge in [-0.05, 0) is 42.1 Å². The van der Waals surface area contributed by atoms with Crippen LogP contribution in [0.3, 0.4) is 0 Å². The average Bonchev–Trinajstić information content (AvgIpc) is 2.85. The lowest BCUT2D eigenvalue weighted by Gasteiger charge is -1.99. The number of carbonyl (C=O) groups excluding carboxylic acids is 1. The fourth-order valence-corrected chi connectivity index (χ4v) is 3.01. The Bertz CT molecular complexity index is 852. The normalized spacial score (nSPS) is 17.8. The molecule has 0 unspecified atom stereocenters. The third-order valence-electron chi connectivity index (χ3n) is 2.98. The monoisotopic (exact) mass is 366 g/mol. The van der Waals surface area contributed by atoms with E-state index in [0.29, 0.717) is 31.4 Å². The maximum atomic E-state index is 13.7. The Kier molecular flexibility index (Phi) is 4.71. The van der Waals surface area contributed by atoms with Crippen molar-refractivity contribution in [1.29, 1.82) is 0 Å². The smallest absolute Gasteiger partial charge is 0.264 e. The number of amidine groups is 1. The number of nitrogens with zero attached hydrogens (tertiary/aromatic N) is 1. The van der Waals surface area contributed by atoms with Crippen molar-refractivity contribution in [1.82, 2.24) is 5.32 Å². The highest BCUT2D eigenvalue weighted by Gasteiger charge is 2.24. The zero-order valence-electron chi connectivity index (χ0n) is 11.5. The molecule has 1 aliphatic rings.